The van der Waals surface area contributed by atoms with Gasteiger partial charge in [-0.2, -0.15) is 0 Å². The predicted octanol–water partition coefficient (Wildman–Crippen LogP) is -1.42. The number of nitrogens with one attached hydrogen (secondary N) is 4. The van der Waals surface area contributed by atoms with Crippen molar-refractivity contribution in [1.82, 2.24) is 16.0 Å². The summed E-state index contributed by atoms with van der Waals surface area (Å²) < 4.78 is 4.77. The van der Waals surface area contributed by atoms with E-state index in [9.17, 15) is 19.5 Å². The Morgan fingerprint density at radius 3 is 2.93 bits per heavy atom. The van der Waals surface area contributed by atoms with Gasteiger partial charge in [0, 0.05) is 17.8 Å². The van der Waals surface area contributed by atoms with Crippen LogP contribution in [0, 0.1) is 0 Å². The second-order valence-electron chi connectivity index (χ2n) is 6.26. The lowest BCUT2D eigenvalue weighted by Gasteiger charge is -2.20. The summed E-state index contributed by atoms with van der Waals surface area (Å²) in [7, 11) is 0. The van der Waals surface area contributed by atoms with Crippen LogP contribution in [0.25, 0.3) is 0 Å². The normalized spacial score (nSPS) is 21.5. The highest BCUT2D eigenvalue weighted by Gasteiger charge is 2.25. The highest BCUT2D eigenvalue weighted by molar-refractivity contribution is 5.99. The molecule has 2 aliphatic heterocycles. The molecule has 144 valence electrons. The van der Waals surface area contributed by atoms with E-state index in [0.717, 1.165) is 0 Å². The van der Waals surface area contributed by atoms with E-state index in [-0.39, 0.29) is 37.5 Å². The molecule has 1 fully saturated rings. The summed E-state index contributed by atoms with van der Waals surface area (Å²) in [5.41, 5.74) is 1.03. The van der Waals surface area contributed by atoms with Gasteiger partial charge in [0.2, 0.25) is 5.91 Å². The molecule has 27 heavy (non-hydrogen) atoms. The third-order valence-corrected chi connectivity index (χ3v) is 3.99. The van der Waals surface area contributed by atoms with E-state index in [4.69, 9.17) is 4.74 Å². The number of hydrogen-bond acceptors (Lipinski definition) is 8. The summed E-state index contributed by atoms with van der Waals surface area (Å²) in [4.78, 5) is 39.3. The number of esters is 1. The minimum absolute atomic E-state index is 0.141. The number of carbonyl (C=O) groups excluding carboxylic acids is 3. The number of aliphatic imine (C=N–C) groups is 1. The van der Waals surface area contributed by atoms with Crippen LogP contribution in [-0.2, 0) is 14.3 Å². The molecule has 10 nitrogen and oxygen atoms in total. The van der Waals surface area contributed by atoms with Crippen LogP contribution in [0.3, 0.4) is 0 Å². The van der Waals surface area contributed by atoms with Crippen LogP contribution in [0.1, 0.15) is 16.8 Å². The lowest BCUT2D eigenvalue weighted by atomic mass is 10.2. The molecule has 3 rings (SSSR count). The quantitative estimate of drug-likeness (QED) is 0.398. The first-order valence-corrected chi connectivity index (χ1v) is 8.56. The zero-order valence-electron chi connectivity index (χ0n) is 14.5. The SMILES string of the molecule is O=C(CNC(=O)c1cccc(NC2=NCC(O)CN2)c1)N[C@@H]1COC(=O)C1. The molecule has 2 heterocycles. The lowest BCUT2D eigenvalue weighted by Crippen LogP contribution is -2.42. The number of amides is 2. The van der Waals surface area contributed by atoms with Crippen LogP contribution in [0.4, 0.5) is 5.69 Å². The lowest BCUT2D eigenvalue weighted by molar-refractivity contribution is -0.138. The van der Waals surface area contributed by atoms with E-state index >= 15 is 0 Å². The van der Waals surface area contributed by atoms with E-state index in [1.807, 2.05) is 0 Å². The Morgan fingerprint density at radius 1 is 1.37 bits per heavy atom. The Bertz CT molecular complexity index is 766. The van der Waals surface area contributed by atoms with Gasteiger partial charge in [-0.1, -0.05) is 6.07 Å². The second kappa shape index (κ2) is 8.49. The molecule has 0 saturated carbocycles. The zero-order valence-corrected chi connectivity index (χ0v) is 14.5. The van der Waals surface area contributed by atoms with E-state index < -0.39 is 12.0 Å². The van der Waals surface area contributed by atoms with E-state index in [2.05, 4.69) is 26.3 Å². The number of guanidine groups is 1. The number of ether oxygens (including phenoxy) is 1. The molecule has 0 aliphatic carbocycles. The number of nitrogens with zero attached hydrogens (tertiary/aromatic N) is 1. The Morgan fingerprint density at radius 2 is 2.22 bits per heavy atom. The molecule has 2 aliphatic rings. The maximum atomic E-state index is 12.2. The average molecular weight is 375 g/mol. The third-order valence-electron chi connectivity index (χ3n) is 3.99. The minimum atomic E-state index is -0.507. The molecule has 2 atom stereocenters. The van der Waals surface area contributed by atoms with Crippen LogP contribution < -0.4 is 21.3 Å². The number of β-amino-alcohol motifs (C(OH)–C–C–N with tert-alkyl or cyclic N) is 1. The van der Waals surface area contributed by atoms with Gasteiger partial charge in [-0.25, -0.2) is 0 Å². The van der Waals surface area contributed by atoms with Crippen molar-refractivity contribution in [3.05, 3.63) is 29.8 Å². The number of anilines is 1. The van der Waals surface area contributed by atoms with Crippen molar-refractivity contribution in [2.45, 2.75) is 18.6 Å². The van der Waals surface area contributed by atoms with Crippen LogP contribution in [0.15, 0.2) is 29.3 Å². The molecule has 1 unspecified atom stereocenters. The number of carbonyl (C=O) groups is 3. The zero-order chi connectivity index (χ0) is 19.2. The van der Waals surface area contributed by atoms with Gasteiger partial charge in [0.15, 0.2) is 5.96 Å². The minimum Gasteiger partial charge on any atom is -0.463 e. The molecule has 0 aromatic heterocycles. The molecule has 0 bridgehead atoms. The van der Waals surface area contributed by atoms with Gasteiger partial charge in [0.25, 0.3) is 5.91 Å². The maximum Gasteiger partial charge on any atom is 0.308 e. The Kier molecular flexibility index (Phi) is 5.87. The van der Waals surface area contributed by atoms with Gasteiger partial charge < -0.3 is 31.1 Å². The van der Waals surface area contributed by atoms with Gasteiger partial charge in [-0.3, -0.25) is 19.4 Å². The van der Waals surface area contributed by atoms with Crippen molar-refractivity contribution in [2.24, 2.45) is 4.99 Å². The molecule has 2 amide bonds. The van der Waals surface area contributed by atoms with Gasteiger partial charge >= 0.3 is 5.97 Å². The Balaban J connectivity index is 1.49. The fourth-order valence-corrected chi connectivity index (χ4v) is 2.64. The van der Waals surface area contributed by atoms with Crippen molar-refractivity contribution in [3.63, 3.8) is 0 Å². The topological polar surface area (TPSA) is 141 Å². The number of aliphatic hydroxyl groups excluding tert-OH is 1. The molecule has 10 heteroatoms. The summed E-state index contributed by atoms with van der Waals surface area (Å²) in [6.45, 7) is 0.662. The Hall–Kier alpha value is -3.14. The van der Waals surface area contributed by atoms with Crippen molar-refractivity contribution in [3.8, 4) is 0 Å². The molecule has 5 N–H and O–H groups in total. The summed E-state index contributed by atoms with van der Waals surface area (Å²) in [5, 5.41) is 20.6. The van der Waals surface area contributed by atoms with E-state index in [1.165, 1.54) is 0 Å². The fraction of sp³-hybridized carbons (Fsp3) is 0.412. The summed E-state index contributed by atoms with van der Waals surface area (Å²) in [6, 6.07) is 6.39. The Labute approximate surface area is 155 Å². The number of rotatable bonds is 5. The first-order chi connectivity index (χ1) is 13.0. The average Bonchev–Trinajstić information content (AvgIpc) is 3.06. The van der Waals surface area contributed by atoms with Crippen LogP contribution >= 0.6 is 0 Å². The number of benzene rings is 1. The van der Waals surface area contributed by atoms with Crippen molar-refractivity contribution >= 4 is 29.4 Å². The standard InChI is InChI=1S/C17H21N5O5/c23-13-6-19-17(20-7-13)22-11-3-1-2-10(4-11)16(26)18-8-14(24)21-12-5-15(25)27-9-12/h1-4,12-13,23H,5-9H2,(H,18,26)(H,21,24)(H2,19,20,22)/t12-/m0/s1. The van der Waals surface area contributed by atoms with Crippen LogP contribution in [0.5, 0.6) is 0 Å². The monoisotopic (exact) mass is 375 g/mol. The van der Waals surface area contributed by atoms with Gasteiger partial charge in [0.05, 0.1) is 31.7 Å². The third kappa shape index (κ3) is 5.42. The highest BCUT2D eigenvalue weighted by Crippen LogP contribution is 2.11. The van der Waals surface area contributed by atoms with Gasteiger partial charge in [-0.05, 0) is 18.2 Å². The van der Waals surface area contributed by atoms with Gasteiger partial charge in [0.1, 0.15) is 6.61 Å². The van der Waals surface area contributed by atoms with Crippen molar-refractivity contribution in [2.75, 3.05) is 31.6 Å². The maximum absolute atomic E-state index is 12.2. The summed E-state index contributed by atoms with van der Waals surface area (Å²) in [6.07, 6.45) is -0.366. The largest absolute Gasteiger partial charge is 0.463 e. The van der Waals surface area contributed by atoms with E-state index in [1.54, 1.807) is 24.3 Å². The molecular weight excluding hydrogens is 354 g/mol. The highest BCUT2D eigenvalue weighted by atomic mass is 16.5. The molecule has 0 radical (unpaired) electrons. The van der Waals surface area contributed by atoms with Gasteiger partial charge in [-0.15, -0.1) is 0 Å². The van der Waals surface area contributed by atoms with Crippen LogP contribution in [-0.4, -0.2) is 67.2 Å². The predicted molar refractivity (Wildman–Crippen MR) is 96.2 cm³/mol. The first kappa shape index (κ1) is 18.6. The summed E-state index contributed by atoms with van der Waals surface area (Å²) in [5.74, 6) is -0.618. The number of aliphatic hydroxyl groups is 1. The van der Waals surface area contributed by atoms with E-state index in [0.29, 0.717) is 30.3 Å². The molecular formula is C17H21N5O5. The van der Waals surface area contributed by atoms with Crippen molar-refractivity contribution in [1.29, 1.82) is 0 Å². The number of cyclic esters (lactones) is 1. The first-order valence-electron chi connectivity index (χ1n) is 8.56. The summed E-state index contributed by atoms with van der Waals surface area (Å²) >= 11 is 0. The molecule has 1 aromatic carbocycles. The molecule has 1 saturated heterocycles. The van der Waals surface area contributed by atoms with Crippen LogP contribution in [0.2, 0.25) is 0 Å². The smallest absolute Gasteiger partial charge is 0.308 e. The molecule has 0 spiro atoms. The van der Waals surface area contributed by atoms with Crippen molar-refractivity contribution < 1.29 is 24.2 Å². The number of hydrogen-bond donors (Lipinski definition) is 5. The fourth-order valence-electron chi connectivity index (χ4n) is 2.64. The molecule has 1 aromatic rings. The second-order valence-corrected chi connectivity index (χ2v) is 6.26.